The van der Waals surface area contributed by atoms with Crippen molar-refractivity contribution < 1.29 is 33.0 Å². The van der Waals surface area contributed by atoms with Gasteiger partial charge in [0, 0.05) is 5.41 Å². The first-order chi connectivity index (χ1) is 13.9. The first kappa shape index (κ1) is 25.3. The minimum Gasteiger partial charge on any atom is -0.480 e. The molecule has 0 fully saturated rings. The third kappa shape index (κ3) is 8.75. The molecule has 0 saturated heterocycles. The first-order valence-electron chi connectivity index (χ1n) is 9.71. The summed E-state index contributed by atoms with van der Waals surface area (Å²) in [7, 11) is 0. The number of alkyl halides is 2. The number of ether oxygens (including phenoxy) is 1. The molecule has 0 heterocycles. The number of amides is 2. The van der Waals surface area contributed by atoms with Crippen LogP contribution in [0.2, 0.25) is 0 Å². The van der Waals surface area contributed by atoms with E-state index in [1.807, 2.05) is 0 Å². The summed E-state index contributed by atoms with van der Waals surface area (Å²) in [5, 5.41) is 14.0. The number of carboxylic acid groups (broad SMARTS) is 1. The van der Waals surface area contributed by atoms with E-state index in [0.29, 0.717) is 5.56 Å². The summed E-state index contributed by atoms with van der Waals surface area (Å²) in [6.07, 6.45) is -3.95. The summed E-state index contributed by atoms with van der Waals surface area (Å²) >= 11 is 0. The van der Waals surface area contributed by atoms with Crippen LogP contribution in [0.25, 0.3) is 0 Å². The molecular formula is C21H30F2N2O5. The fraction of sp³-hybridized carbons (Fsp3) is 0.571. The third-order valence-electron chi connectivity index (χ3n) is 4.46. The number of nitrogens with one attached hydrogen (secondary N) is 2. The Hall–Kier alpha value is -2.71. The van der Waals surface area contributed by atoms with Crippen LogP contribution in [-0.2, 0) is 20.9 Å². The molecule has 7 nitrogen and oxygen atoms in total. The van der Waals surface area contributed by atoms with Gasteiger partial charge in [-0.25, -0.2) is 18.4 Å². The van der Waals surface area contributed by atoms with Gasteiger partial charge in [0.15, 0.2) is 0 Å². The van der Waals surface area contributed by atoms with E-state index in [2.05, 4.69) is 10.6 Å². The number of aliphatic carboxylic acids is 1. The second-order valence-electron chi connectivity index (χ2n) is 8.28. The van der Waals surface area contributed by atoms with Crippen molar-refractivity contribution in [3.05, 3.63) is 35.9 Å². The molecule has 0 spiro atoms. The molecule has 2 amide bonds. The monoisotopic (exact) mass is 428 g/mol. The highest BCUT2D eigenvalue weighted by Gasteiger charge is 2.37. The average molecular weight is 428 g/mol. The number of carbonyl (C=O) groups is 3. The number of carboxylic acids is 1. The second kappa shape index (κ2) is 11.5. The minimum absolute atomic E-state index is 0.0221. The molecule has 0 bridgehead atoms. The Kier molecular flexibility index (Phi) is 9.68. The Morgan fingerprint density at radius 2 is 1.67 bits per heavy atom. The maximum absolute atomic E-state index is 13.3. The Balaban J connectivity index is 2.88. The van der Waals surface area contributed by atoms with Crippen LogP contribution in [0.4, 0.5) is 13.6 Å². The van der Waals surface area contributed by atoms with Gasteiger partial charge in [0.25, 0.3) is 0 Å². The van der Waals surface area contributed by atoms with Crippen LogP contribution in [0.15, 0.2) is 30.3 Å². The van der Waals surface area contributed by atoms with Crippen LogP contribution < -0.4 is 10.6 Å². The van der Waals surface area contributed by atoms with E-state index in [-0.39, 0.29) is 18.9 Å². The predicted octanol–water partition coefficient (Wildman–Crippen LogP) is 3.58. The van der Waals surface area contributed by atoms with Crippen LogP contribution >= 0.6 is 0 Å². The second-order valence-corrected chi connectivity index (χ2v) is 8.28. The van der Waals surface area contributed by atoms with Crippen LogP contribution in [-0.4, -0.2) is 41.6 Å². The van der Waals surface area contributed by atoms with Gasteiger partial charge < -0.3 is 20.5 Å². The summed E-state index contributed by atoms with van der Waals surface area (Å²) in [4.78, 5) is 36.2. The summed E-state index contributed by atoms with van der Waals surface area (Å²) in [5.41, 5.74) is -0.879. The highest BCUT2D eigenvalue weighted by Crippen LogP contribution is 2.30. The molecule has 168 valence electrons. The van der Waals surface area contributed by atoms with Crippen LogP contribution in [0.1, 0.15) is 46.1 Å². The normalized spacial score (nSPS) is 13.6. The van der Waals surface area contributed by atoms with Crippen molar-refractivity contribution in [1.29, 1.82) is 0 Å². The topological polar surface area (TPSA) is 105 Å². The Morgan fingerprint density at radius 3 is 2.17 bits per heavy atom. The molecule has 0 aromatic heterocycles. The Morgan fingerprint density at radius 1 is 1.07 bits per heavy atom. The maximum Gasteiger partial charge on any atom is 0.408 e. The quantitative estimate of drug-likeness (QED) is 0.500. The van der Waals surface area contributed by atoms with Crippen LogP contribution in [0, 0.1) is 11.3 Å². The fourth-order valence-corrected chi connectivity index (χ4v) is 2.70. The lowest BCUT2D eigenvalue weighted by atomic mass is 9.85. The van der Waals surface area contributed by atoms with Crippen molar-refractivity contribution in [1.82, 2.24) is 10.6 Å². The number of benzene rings is 1. The average Bonchev–Trinajstić information content (AvgIpc) is 2.65. The smallest absolute Gasteiger partial charge is 0.408 e. The van der Waals surface area contributed by atoms with Crippen molar-refractivity contribution in [2.24, 2.45) is 11.3 Å². The fourth-order valence-electron chi connectivity index (χ4n) is 2.70. The standard InChI is InChI=1S/C21H30F2N2O5/c1-13(2)10-15(18(27)28)24-17(26)16(11-21(3,4)19(22)23)25-20(29)30-12-14-8-6-5-7-9-14/h5-9,13,15-16,19H,10-12H2,1-4H3,(H,24,26)(H,25,29)(H,27,28)/t15-,16-/m0/s1. The third-order valence-corrected chi connectivity index (χ3v) is 4.46. The predicted molar refractivity (Wildman–Crippen MR) is 107 cm³/mol. The molecule has 2 atom stereocenters. The molecule has 0 aliphatic rings. The van der Waals surface area contributed by atoms with E-state index >= 15 is 0 Å². The summed E-state index contributed by atoms with van der Waals surface area (Å²) in [6, 6.07) is 6.22. The van der Waals surface area contributed by atoms with Gasteiger partial charge in [-0.15, -0.1) is 0 Å². The van der Waals surface area contributed by atoms with Crippen molar-refractivity contribution >= 4 is 18.0 Å². The van der Waals surface area contributed by atoms with Gasteiger partial charge in [0.05, 0.1) is 0 Å². The van der Waals surface area contributed by atoms with Crippen molar-refractivity contribution in [2.75, 3.05) is 0 Å². The Bertz CT molecular complexity index is 711. The molecule has 1 aromatic carbocycles. The number of carbonyl (C=O) groups excluding carboxylic acids is 2. The first-order valence-corrected chi connectivity index (χ1v) is 9.71. The van der Waals surface area contributed by atoms with E-state index in [0.717, 1.165) is 0 Å². The number of rotatable bonds is 11. The lowest BCUT2D eigenvalue weighted by Gasteiger charge is -2.29. The van der Waals surface area contributed by atoms with E-state index in [1.54, 1.807) is 44.2 Å². The Labute approximate surface area is 175 Å². The molecule has 0 unspecified atom stereocenters. The van der Waals surface area contributed by atoms with E-state index < -0.39 is 48.3 Å². The zero-order valence-corrected chi connectivity index (χ0v) is 17.7. The molecule has 1 rings (SSSR count). The molecule has 1 aromatic rings. The molecule has 3 N–H and O–H groups in total. The van der Waals surface area contributed by atoms with Gasteiger partial charge in [0.2, 0.25) is 12.3 Å². The van der Waals surface area contributed by atoms with Crippen molar-refractivity contribution in [3.63, 3.8) is 0 Å². The molecule has 0 aliphatic heterocycles. The number of hydrogen-bond donors (Lipinski definition) is 3. The van der Waals surface area contributed by atoms with Crippen molar-refractivity contribution in [3.8, 4) is 0 Å². The summed E-state index contributed by atoms with van der Waals surface area (Å²) < 4.78 is 31.7. The molecule has 9 heteroatoms. The highest BCUT2D eigenvalue weighted by atomic mass is 19.3. The van der Waals surface area contributed by atoms with Gasteiger partial charge >= 0.3 is 12.1 Å². The lowest BCUT2D eigenvalue weighted by molar-refractivity contribution is -0.142. The summed E-state index contributed by atoms with van der Waals surface area (Å²) in [6.45, 7) is 6.04. The van der Waals surface area contributed by atoms with Gasteiger partial charge in [-0.3, -0.25) is 4.79 Å². The lowest BCUT2D eigenvalue weighted by Crippen LogP contribution is -2.53. The number of halogens is 2. The van der Waals surface area contributed by atoms with Crippen molar-refractivity contribution in [2.45, 2.75) is 65.7 Å². The molecule has 30 heavy (non-hydrogen) atoms. The van der Waals surface area contributed by atoms with E-state index in [4.69, 9.17) is 4.74 Å². The van der Waals surface area contributed by atoms with Gasteiger partial charge in [0.1, 0.15) is 18.7 Å². The maximum atomic E-state index is 13.3. The zero-order chi connectivity index (χ0) is 22.9. The minimum atomic E-state index is -2.75. The largest absolute Gasteiger partial charge is 0.480 e. The highest BCUT2D eigenvalue weighted by molar-refractivity contribution is 5.89. The SMILES string of the molecule is CC(C)C[C@H](NC(=O)[C@H](CC(C)(C)C(F)F)NC(=O)OCc1ccccc1)C(=O)O. The van der Waals surface area contributed by atoms with Crippen LogP contribution in [0.3, 0.4) is 0 Å². The summed E-state index contributed by atoms with van der Waals surface area (Å²) in [5.74, 6) is -2.12. The number of alkyl carbamates (subject to hydrolysis) is 1. The van der Waals surface area contributed by atoms with Crippen LogP contribution in [0.5, 0.6) is 0 Å². The van der Waals surface area contributed by atoms with E-state index in [9.17, 15) is 28.3 Å². The zero-order valence-electron chi connectivity index (χ0n) is 17.7. The van der Waals surface area contributed by atoms with E-state index in [1.165, 1.54) is 13.8 Å². The molecule has 0 saturated carbocycles. The molecule has 0 radical (unpaired) electrons. The molecule has 0 aliphatic carbocycles. The van der Waals surface area contributed by atoms with Gasteiger partial charge in [-0.1, -0.05) is 58.0 Å². The van der Waals surface area contributed by atoms with Gasteiger partial charge in [-0.05, 0) is 24.3 Å². The number of hydrogen-bond acceptors (Lipinski definition) is 4. The molecular weight excluding hydrogens is 398 g/mol. The van der Waals surface area contributed by atoms with Gasteiger partial charge in [-0.2, -0.15) is 0 Å².